The summed E-state index contributed by atoms with van der Waals surface area (Å²) in [5, 5.41) is 10.9. The van der Waals surface area contributed by atoms with Gasteiger partial charge in [-0.3, -0.25) is 14.5 Å². The molecule has 0 aliphatic carbocycles. The number of hydrogen-bond acceptors (Lipinski definition) is 8. The Morgan fingerprint density at radius 3 is 2.91 bits per heavy atom. The van der Waals surface area contributed by atoms with Gasteiger partial charge in [-0.05, 0) is 25.6 Å². The summed E-state index contributed by atoms with van der Waals surface area (Å²) in [4.78, 5) is 29.9. The molecule has 0 spiro atoms. The SMILES string of the molecule is COc1cccc(-c2noc(CCCC(=O)N3C[C@@H]4COC[C@H](C3)N(C)C4)n2)c1.O=CO. The molecule has 4 rings (SSSR count). The van der Waals surface area contributed by atoms with Gasteiger partial charge in [-0.2, -0.15) is 4.98 Å². The Bertz CT molecular complexity index is 889. The van der Waals surface area contributed by atoms with Gasteiger partial charge >= 0.3 is 0 Å². The molecular formula is C22H30N4O6. The number of carbonyl (C=O) groups is 2. The van der Waals surface area contributed by atoms with Crippen LogP contribution >= 0.6 is 0 Å². The molecule has 1 aromatic heterocycles. The van der Waals surface area contributed by atoms with E-state index in [1.165, 1.54) is 0 Å². The molecular weight excluding hydrogens is 416 g/mol. The molecule has 3 heterocycles. The number of benzene rings is 1. The summed E-state index contributed by atoms with van der Waals surface area (Å²) in [6.07, 6.45) is 1.77. The molecule has 2 aromatic rings. The first-order valence-electron chi connectivity index (χ1n) is 10.6. The predicted molar refractivity (Wildman–Crippen MR) is 115 cm³/mol. The molecule has 0 unspecified atom stereocenters. The van der Waals surface area contributed by atoms with Crippen molar-refractivity contribution in [2.75, 3.05) is 47.0 Å². The maximum atomic E-state index is 12.8. The first-order valence-corrected chi connectivity index (χ1v) is 10.6. The molecule has 0 radical (unpaired) electrons. The van der Waals surface area contributed by atoms with Crippen LogP contribution in [-0.2, 0) is 20.7 Å². The number of aryl methyl sites for hydroxylation is 1. The van der Waals surface area contributed by atoms with Crippen LogP contribution in [-0.4, -0.2) is 90.5 Å². The van der Waals surface area contributed by atoms with Crippen LogP contribution in [0, 0.1) is 5.92 Å². The van der Waals surface area contributed by atoms with Crippen molar-refractivity contribution < 1.29 is 28.7 Å². The molecule has 2 bridgehead atoms. The van der Waals surface area contributed by atoms with Gasteiger partial charge in [0.15, 0.2) is 0 Å². The van der Waals surface area contributed by atoms with Crippen LogP contribution in [0.5, 0.6) is 5.75 Å². The van der Waals surface area contributed by atoms with E-state index in [1.54, 1.807) is 7.11 Å². The van der Waals surface area contributed by atoms with Crippen LogP contribution in [0.15, 0.2) is 28.8 Å². The van der Waals surface area contributed by atoms with E-state index in [9.17, 15) is 4.79 Å². The van der Waals surface area contributed by atoms with Gasteiger partial charge in [0.05, 0.1) is 26.4 Å². The fraction of sp³-hybridized carbons (Fsp3) is 0.545. The van der Waals surface area contributed by atoms with Crippen LogP contribution in [0.25, 0.3) is 11.4 Å². The molecule has 10 nitrogen and oxygen atoms in total. The van der Waals surface area contributed by atoms with Gasteiger partial charge in [0.25, 0.3) is 6.47 Å². The Morgan fingerprint density at radius 1 is 1.31 bits per heavy atom. The Balaban J connectivity index is 0.000000913. The average molecular weight is 447 g/mol. The second-order valence-electron chi connectivity index (χ2n) is 8.00. The quantitative estimate of drug-likeness (QED) is 0.659. The minimum Gasteiger partial charge on any atom is -0.497 e. The van der Waals surface area contributed by atoms with Crippen molar-refractivity contribution in [3.8, 4) is 17.1 Å². The second-order valence-corrected chi connectivity index (χ2v) is 8.00. The summed E-state index contributed by atoms with van der Waals surface area (Å²) in [5.41, 5.74) is 0.845. The lowest BCUT2D eigenvalue weighted by Crippen LogP contribution is -2.44. The van der Waals surface area contributed by atoms with Crippen LogP contribution < -0.4 is 4.74 Å². The number of carboxylic acid groups (broad SMARTS) is 1. The summed E-state index contributed by atoms with van der Waals surface area (Å²) < 4.78 is 16.3. The zero-order valence-corrected chi connectivity index (χ0v) is 18.5. The highest BCUT2D eigenvalue weighted by atomic mass is 16.5. The van der Waals surface area contributed by atoms with Crippen molar-refractivity contribution in [2.45, 2.75) is 25.3 Å². The van der Waals surface area contributed by atoms with E-state index in [2.05, 4.69) is 22.1 Å². The van der Waals surface area contributed by atoms with Crippen molar-refractivity contribution in [3.05, 3.63) is 30.2 Å². The molecule has 2 aliphatic heterocycles. The number of carbonyl (C=O) groups excluding carboxylic acids is 1. The lowest BCUT2D eigenvalue weighted by molar-refractivity contribution is -0.133. The molecule has 32 heavy (non-hydrogen) atoms. The lowest BCUT2D eigenvalue weighted by atomic mass is 10.1. The Kier molecular flexibility index (Phi) is 8.57. The third-order valence-corrected chi connectivity index (χ3v) is 5.67. The first-order chi connectivity index (χ1) is 15.5. The smallest absolute Gasteiger partial charge is 0.290 e. The molecule has 1 aromatic carbocycles. The highest BCUT2D eigenvalue weighted by Gasteiger charge is 2.33. The molecule has 2 saturated heterocycles. The van der Waals surface area contributed by atoms with Gasteiger partial charge in [0, 0.05) is 44.0 Å². The molecule has 2 aliphatic rings. The largest absolute Gasteiger partial charge is 0.497 e. The third kappa shape index (κ3) is 6.27. The number of nitrogens with zero attached hydrogens (tertiary/aromatic N) is 4. The summed E-state index contributed by atoms with van der Waals surface area (Å²) in [7, 11) is 3.75. The molecule has 2 fully saturated rings. The maximum absolute atomic E-state index is 12.8. The Labute approximate surface area is 187 Å². The molecule has 174 valence electrons. The monoisotopic (exact) mass is 446 g/mol. The maximum Gasteiger partial charge on any atom is 0.290 e. The minimum atomic E-state index is -0.250. The Morgan fingerprint density at radius 2 is 2.12 bits per heavy atom. The van der Waals surface area contributed by atoms with E-state index in [1.807, 2.05) is 29.2 Å². The lowest BCUT2D eigenvalue weighted by Gasteiger charge is -2.29. The van der Waals surface area contributed by atoms with Crippen molar-refractivity contribution in [1.82, 2.24) is 19.9 Å². The summed E-state index contributed by atoms with van der Waals surface area (Å²) in [5.74, 6) is 2.42. The Hall–Kier alpha value is -2.98. The standard InChI is InChI=1S/C21H28N4O4.CH2O2/c1-24-10-15-11-25(12-17(24)14-28-13-15)20(26)8-4-7-19-22-21(23-29-19)16-5-3-6-18(9-16)27-2;2-1-3/h3,5-6,9,15,17H,4,7-8,10-14H2,1-2H3;1H,(H,2,3)/t15-,17+;/m1./s1. The van der Waals surface area contributed by atoms with Gasteiger partial charge in [0.1, 0.15) is 5.75 Å². The van der Waals surface area contributed by atoms with Gasteiger partial charge in [-0.25, -0.2) is 0 Å². The van der Waals surface area contributed by atoms with Gasteiger partial charge in [0.2, 0.25) is 17.6 Å². The number of amides is 1. The summed E-state index contributed by atoms with van der Waals surface area (Å²) >= 11 is 0. The van der Waals surface area contributed by atoms with Gasteiger partial charge in [-0.1, -0.05) is 17.3 Å². The fourth-order valence-corrected chi connectivity index (χ4v) is 4.04. The zero-order valence-electron chi connectivity index (χ0n) is 18.5. The van der Waals surface area contributed by atoms with Crippen LogP contribution in [0.2, 0.25) is 0 Å². The molecule has 1 amide bonds. The number of rotatable bonds is 6. The van der Waals surface area contributed by atoms with Gasteiger partial charge < -0.3 is 24.0 Å². The molecule has 0 saturated carbocycles. The van der Waals surface area contributed by atoms with Gasteiger partial charge in [-0.15, -0.1) is 0 Å². The van der Waals surface area contributed by atoms with E-state index in [-0.39, 0.29) is 18.4 Å². The number of hydrogen-bond donors (Lipinski definition) is 1. The molecule has 2 atom stereocenters. The average Bonchev–Trinajstić information content (AvgIpc) is 3.10. The summed E-state index contributed by atoms with van der Waals surface area (Å²) in [6, 6.07) is 7.83. The fourth-order valence-electron chi connectivity index (χ4n) is 4.04. The van der Waals surface area contributed by atoms with Crippen molar-refractivity contribution in [2.24, 2.45) is 5.92 Å². The highest BCUT2D eigenvalue weighted by molar-refractivity contribution is 5.76. The number of methoxy groups -OCH3 is 1. The predicted octanol–water partition coefficient (Wildman–Crippen LogP) is 1.56. The number of ether oxygens (including phenoxy) is 2. The molecule has 1 N–H and O–H groups in total. The van der Waals surface area contributed by atoms with E-state index in [0.29, 0.717) is 43.5 Å². The van der Waals surface area contributed by atoms with Crippen molar-refractivity contribution in [3.63, 3.8) is 0 Å². The zero-order chi connectivity index (χ0) is 22.9. The number of likely N-dealkylation sites (N-methyl/N-ethyl adjacent to an activating group) is 1. The third-order valence-electron chi connectivity index (χ3n) is 5.67. The van der Waals surface area contributed by atoms with Crippen molar-refractivity contribution >= 4 is 12.4 Å². The first kappa shape index (κ1) is 23.7. The number of fused-ring (bicyclic) bond motifs is 3. The van der Waals surface area contributed by atoms with Crippen molar-refractivity contribution in [1.29, 1.82) is 0 Å². The molecule has 10 heteroatoms. The number of aromatic nitrogens is 2. The highest BCUT2D eigenvalue weighted by Crippen LogP contribution is 2.22. The second kappa shape index (κ2) is 11.6. The van der Waals surface area contributed by atoms with E-state index in [4.69, 9.17) is 23.9 Å². The van der Waals surface area contributed by atoms with Crippen LogP contribution in [0.3, 0.4) is 0 Å². The van der Waals surface area contributed by atoms with E-state index >= 15 is 0 Å². The minimum absolute atomic E-state index is 0.199. The summed E-state index contributed by atoms with van der Waals surface area (Å²) in [6.45, 7) is 3.70. The van der Waals surface area contributed by atoms with Crippen LogP contribution in [0.4, 0.5) is 0 Å². The van der Waals surface area contributed by atoms with Crippen LogP contribution in [0.1, 0.15) is 18.7 Å². The van der Waals surface area contributed by atoms with E-state index < -0.39 is 0 Å². The van der Waals surface area contributed by atoms with E-state index in [0.717, 1.165) is 37.6 Å². The normalized spacial score (nSPS) is 20.6. The topological polar surface area (TPSA) is 118 Å².